The van der Waals surface area contributed by atoms with E-state index in [9.17, 15) is 22.8 Å². The quantitative estimate of drug-likeness (QED) is 0.631. The van der Waals surface area contributed by atoms with Gasteiger partial charge in [-0.05, 0) is 62.8 Å². The molecule has 0 radical (unpaired) electrons. The number of nitrogens with one attached hydrogen (secondary N) is 1. The number of alkyl halides is 3. The summed E-state index contributed by atoms with van der Waals surface area (Å²) in [6, 6.07) is 8.56. The maximum atomic E-state index is 13.1. The predicted octanol–water partition coefficient (Wildman–Crippen LogP) is 4.15. The second-order valence-electron chi connectivity index (χ2n) is 9.08. The number of hydrogen-bond donors (Lipinski definition) is 1. The van der Waals surface area contributed by atoms with E-state index in [1.165, 1.54) is 6.20 Å². The van der Waals surface area contributed by atoms with E-state index in [-0.39, 0.29) is 62.4 Å². The number of hydrogen-bond acceptors (Lipinski definition) is 5. The van der Waals surface area contributed by atoms with Gasteiger partial charge >= 0.3 is 6.18 Å². The van der Waals surface area contributed by atoms with Gasteiger partial charge in [0.15, 0.2) is 11.4 Å². The van der Waals surface area contributed by atoms with Gasteiger partial charge in [-0.15, -0.1) is 0 Å². The number of amides is 2. The third-order valence-electron chi connectivity index (χ3n) is 6.77. The molecule has 0 spiro atoms. The number of rotatable bonds is 7. The Bertz CT molecular complexity index is 1010. The molecule has 2 aromatic rings. The summed E-state index contributed by atoms with van der Waals surface area (Å²) >= 11 is 0. The van der Waals surface area contributed by atoms with Gasteiger partial charge in [-0.3, -0.25) is 14.6 Å². The fraction of sp³-hybridized carbons (Fsp3) is 0.520. The Morgan fingerprint density at radius 3 is 2.51 bits per heavy atom. The summed E-state index contributed by atoms with van der Waals surface area (Å²) in [5.41, 5.74) is 0.855. The van der Waals surface area contributed by atoms with Crippen molar-refractivity contribution in [3.8, 4) is 5.75 Å². The minimum atomic E-state index is -4.19. The zero-order valence-electron chi connectivity index (χ0n) is 19.3. The molecule has 2 aromatic heterocycles. The topological polar surface area (TPSA) is 84.4 Å². The summed E-state index contributed by atoms with van der Waals surface area (Å²) in [4.78, 5) is 35.8. The van der Waals surface area contributed by atoms with Crippen molar-refractivity contribution in [2.24, 2.45) is 11.8 Å². The van der Waals surface area contributed by atoms with Crippen molar-refractivity contribution in [3.05, 3.63) is 54.1 Å². The first-order chi connectivity index (χ1) is 16.8. The second-order valence-corrected chi connectivity index (χ2v) is 9.08. The lowest BCUT2D eigenvalue weighted by atomic mass is 9.81. The summed E-state index contributed by atoms with van der Waals surface area (Å²) in [6.07, 6.45) is 1.03. The molecule has 35 heavy (non-hydrogen) atoms. The van der Waals surface area contributed by atoms with Crippen LogP contribution in [0.1, 0.15) is 54.7 Å². The molecule has 2 fully saturated rings. The third kappa shape index (κ3) is 6.29. The zero-order chi connectivity index (χ0) is 24.8. The molecule has 2 aliphatic rings. The van der Waals surface area contributed by atoms with E-state index >= 15 is 0 Å². The van der Waals surface area contributed by atoms with E-state index in [1.54, 1.807) is 35.4 Å². The second kappa shape index (κ2) is 11.0. The van der Waals surface area contributed by atoms with Gasteiger partial charge in [0.05, 0.1) is 24.2 Å². The van der Waals surface area contributed by atoms with Crippen molar-refractivity contribution in [1.82, 2.24) is 20.2 Å². The SMILES string of the molecule is O=C(NCc1ccccn1)c1ncccc1OC[C@H]1CCCN1C(=O)[C@H]1CC[C@H](C(F)(F)F)CC1. The zero-order valence-corrected chi connectivity index (χ0v) is 19.3. The molecule has 10 heteroatoms. The maximum Gasteiger partial charge on any atom is 0.391 e. The van der Waals surface area contributed by atoms with E-state index < -0.39 is 18.0 Å². The first kappa shape index (κ1) is 24.9. The van der Waals surface area contributed by atoms with Crippen LogP contribution in [-0.4, -0.2) is 52.1 Å². The number of likely N-dealkylation sites (tertiary alicyclic amines) is 1. The van der Waals surface area contributed by atoms with Gasteiger partial charge in [-0.2, -0.15) is 13.2 Å². The van der Waals surface area contributed by atoms with E-state index in [1.807, 2.05) is 6.07 Å². The van der Waals surface area contributed by atoms with Crippen LogP contribution in [0.4, 0.5) is 13.2 Å². The van der Waals surface area contributed by atoms with Gasteiger partial charge in [-0.1, -0.05) is 6.07 Å². The summed E-state index contributed by atoms with van der Waals surface area (Å²) < 4.78 is 44.9. The van der Waals surface area contributed by atoms with Crippen LogP contribution < -0.4 is 10.1 Å². The highest BCUT2D eigenvalue weighted by atomic mass is 19.4. The number of ether oxygens (including phenoxy) is 1. The van der Waals surface area contributed by atoms with Crippen LogP contribution in [0, 0.1) is 11.8 Å². The molecule has 2 amide bonds. The first-order valence-electron chi connectivity index (χ1n) is 12.0. The molecule has 1 aliphatic heterocycles. The molecule has 1 aliphatic carbocycles. The van der Waals surface area contributed by atoms with Gasteiger partial charge in [0.1, 0.15) is 6.61 Å². The first-order valence-corrected chi connectivity index (χ1v) is 12.0. The Kier molecular flexibility index (Phi) is 7.87. The lowest BCUT2D eigenvalue weighted by molar-refractivity contribution is -0.185. The molecule has 3 heterocycles. The molecule has 0 unspecified atom stereocenters. The van der Waals surface area contributed by atoms with Crippen LogP contribution in [0.25, 0.3) is 0 Å². The molecule has 1 saturated heterocycles. The Hall–Kier alpha value is -3.17. The number of halogens is 3. The van der Waals surface area contributed by atoms with E-state index in [0.29, 0.717) is 18.0 Å². The van der Waals surface area contributed by atoms with Gasteiger partial charge in [-0.25, -0.2) is 4.98 Å². The summed E-state index contributed by atoms with van der Waals surface area (Å²) in [7, 11) is 0. The van der Waals surface area contributed by atoms with Gasteiger partial charge < -0.3 is 15.0 Å². The van der Waals surface area contributed by atoms with Crippen LogP contribution in [-0.2, 0) is 11.3 Å². The van der Waals surface area contributed by atoms with Crippen molar-refractivity contribution in [3.63, 3.8) is 0 Å². The number of aromatic nitrogens is 2. The normalized spacial score (nSPS) is 22.6. The monoisotopic (exact) mass is 490 g/mol. The molecule has 1 saturated carbocycles. The van der Waals surface area contributed by atoms with Crippen LogP contribution in [0.3, 0.4) is 0 Å². The van der Waals surface area contributed by atoms with E-state index in [2.05, 4.69) is 15.3 Å². The largest absolute Gasteiger partial charge is 0.489 e. The summed E-state index contributed by atoms with van der Waals surface area (Å²) in [5, 5.41) is 2.78. The maximum absolute atomic E-state index is 13.1. The molecule has 7 nitrogen and oxygen atoms in total. The Balaban J connectivity index is 1.33. The van der Waals surface area contributed by atoms with Crippen LogP contribution in [0.15, 0.2) is 42.7 Å². The Labute approximate surface area is 202 Å². The molecule has 188 valence electrons. The molecule has 1 N–H and O–H groups in total. The lowest BCUT2D eigenvalue weighted by Crippen LogP contribution is -2.44. The Morgan fingerprint density at radius 2 is 1.80 bits per heavy atom. The standard InChI is InChI=1S/C25H29F3N4O3/c26-25(27,28)18-10-8-17(9-11-18)24(34)32-14-4-6-20(32)16-35-21-7-3-13-30-22(21)23(33)31-15-19-5-1-2-12-29-19/h1-3,5,7,12-13,17-18,20H,4,6,8-11,14-16H2,(H,31,33)/t17-,18-,20-/m1/s1. The van der Waals surface area contributed by atoms with Crippen LogP contribution in [0.2, 0.25) is 0 Å². The lowest BCUT2D eigenvalue weighted by Gasteiger charge is -2.33. The number of carbonyl (C=O) groups excluding carboxylic acids is 2. The average molecular weight is 491 g/mol. The molecule has 4 rings (SSSR count). The van der Waals surface area contributed by atoms with E-state index in [0.717, 1.165) is 12.8 Å². The molecular formula is C25H29F3N4O3. The highest BCUT2D eigenvalue weighted by Gasteiger charge is 2.44. The van der Waals surface area contributed by atoms with Gasteiger partial charge in [0.2, 0.25) is 5.91 Å². The van der Waals surface area contributed by atoms with Crippen molar-refractivity contribution in [2.75, 3.05) is 13.2 Å². The van der Waals surface area contributed by atoms with E-state index in [4.69, 9.17) is 4.74 Å². The average Bonchev–Trinajstić information content (AvgIpc) is 3.34. The smallest absolute Gasteiger partial charge is 0.391 e. The Morgan fingerprint density at radius 1 is 1.03 bits per heavy atom. The van der Waals surface area contributed by atoms with Crippen molar-refractivity contribution < 1.29 is 27.5 Å². The predicted molar refractivity (Wildman–Crippen MR) is 121 cm³/mol. The molecule has 1 atom stereocenters. The van der Waals surface area contributed by atoms with Crippen molar-refractivity contribution >= 4 is 11.8 Å². The molecule has 0 aromatic carbocycles. The third-order valence-corrected chi connectivity index (χ3v) is 6.77. The summed E-state index contributed by atoms with van der Waals surface area (Å²) in [6.45, 7) is 1.00. The highest BCUT2D eigenvalue weighted by Crippen LogP contribution is 2.40. The van der Waals surface area contributed by atoms with Crippen LogP contribution in [0.5, 0.6) is 5.75 Å². The minimum Gasteiger partial charge on any atom is -0.489 e. The van der Waals surface area contributed by atoms with Gasteiger partial charge in [0, 0.05) is 24.9 Å². The van der Waals surface area contributed by atoms with Crippen LogP contribution >= 0.6 is 0 Å². The van der Waals surface area contributed by atoms with Gasteiger partial charge in [0.25, 0.3) is 5.91 Å². The van der Waals surface area contributed by atoms with Crippen molar-refractivity contribution in [1.29, 1.82) is 0 Å². The highest BCUT2D eigenvalue weighted by molar-refractivity contribution is 5.94. The summed E-state index contributed by atoms with van der Waals surface area (Å²) in [5.74, 6) is -1.85. The molecular weight excluding hydrogens is 461 g/mol. The number of nitrogens with zero attached hydrogens (tertiary/aromatic N) is 3. The number of carbonyl (C=O) groups is 2. The minimum absolute atomic E-state index is 0.00156. The fourth-order valence-electron chi connectivity index (χ4n) is 4.82. The fourth-order valence-corrected chi connectivity index (χ4v) is 4.82. The number of pyridine rings is 2. The van der Waals surface area contributed by atoms with Crippen molar-refractivity contribution in [2.45, 2.75) is 57.3 Å². The molecule has 0 bridgehead atoms.